The first-order valence-electron chi connectivity index (χ1n) is 3.16. The number of nitrogens with one attached hydrogen (secondary N) is 1. The summed E-state index contributed by atoms with van der Waals surface area (Å²) >= 11 is 0. The molecule has 0 spiro atoms. The topological polar surface area (TPSA) is 15.3 Å². The van der Waals surface area contributed by atoms with Crippen LogP contribution < -0.4 is 5.32 Å². The third-order valence-corrected chi connectivity index (χ3v) is 1.43. The van der Waals surface area contributed by atoms with E-state index in [4.69, 9.17) is 0 Å². The summed E-state index contributed by atoms with van der Waals surface area (Å²) < 4.78 is 0. The molecule has 1 saturated heterocycles. The molecule has 1 N–H and O–H groups in total. The predicted molar refractivity (Wildman–Crippen MR) is 34.4 cm³/mol. The molecule has 47 valence electrons. The summed E-state index contributed by atoms with van der Waals surface area (Å²) in [5.74, 6) is 0. The quantitative estimate of drug-likeness (QED) is 0.478. The number of hydrogen-bond donors (Lipinski definition) is 1. The van der Waals surface area contributed by atoms with Gasteiger partial charge in [-0.15, -0.1) is 0 Å². The van der Waals surface area contributed by atoms with Gasteiger partial charge in [-0.05, 0) is 19.5 Å². The average Bonchev–Trinajstić information content (AvgIpc) is 1.94. The lowest BCUT2D eigenvalue weighted by molar-refractivity contribution is 0.396. The van der Waals surface area contributed by atoms with E-state index in [0.717, 1.165) is 26.2 Å². The molecule has 0 aromatic carbocycles. The maximum atomic E-state index is 3.85. The van der Waals surface area contributed by atoms with E-state index in [-0.39, 0.29) is 0 Å². The lowest BCUT2D eigenvalue weighted by Crippen LogP contribution is -2.22. The molecule has 1 aliphatic heterocycles. The Morgan fingerprint density at radius 3 is 3.00 bits per heavy atom. The minimum absolute atomic E-state index is 1.10. The molecule has 1 rings (SSSR count). The van der Waals surface area contributed by atoms with Crippen LogP contribution in [0.25, 0.3) is 0 Å². The summed E-state index contributed by atoms with van der Waals surface area (Å²) in [5, 5.41) is 3.30. The summed E-state index contributed by atoms with van der Waals surface area (Å²) in [6.07, 6.45) is 1.24. The Balaban J connectivity index is 2.17. The Morgan fingerprint density at radius 1 is 1.25 bits per heavy atom. The minimum atomic E-state index is 1.10. The largest absolute Gasteiger partial charge is 0.315 e. The molecule has 2 heteroatoms. The lowest BCUT2D eigenvalue weighted by Gasteiger charge is -2.09. The molecule has 1 fully saturated rings. The van der Waals surface area contributed by atoms with Gasteiger partial charge in [0.05, 0.1) is 0 Å². The first-order valence-corrected chi connectivity index (χ1v) is 3.16. The van der Waals surface area contributed by atoms with Crippen LogP contribution in [0, 0.1) is 7.05 Å². The van der Waals surface area contributed by atoms with Crippen LogP contribution in [0.15, 0.2) is 0 Å². The van der Waals surface area contributed by atoms with Gasteiger partial charge >= 0.3 is 0 Å². The summed E-state index contributed by atoms with van der Waals surface area (Å²) in [5.41, 5.74) is 0. The van der Waals surface area contributed by atoms with E-state index >= 15 is 0 Å². The average molecular weight is 113 g/mol. The van der Waals surface area contributed by atoms with E-state index in [1.54, 1.807) is 0 Å². The zero-order valence-electron chi connectivity index (χ0n) is 5.19. The smallest absolute Gasteiger partial charge is 0.0110 e. The van der Waals surface area contributed by atoms with Crippen LogP contribution in [-0.4, -0.2) is 31.1 Å². The van der Waals surface area contributed by atoms with E-state index in [0.29, 0.717) is 0 Å². The van der Waals surface area contributed by atoms with Crippen LogP contribution in [-0.2, 0) is 0 Å². The molecule has 1 radical (unpaired) electrons. The highest BCUT2D eigenvalue weighted by molar-refractivity contribution is 4.63. The van der Waals surface area contributed by atoms with Gasteiger partial charge in [0, 0.05) is 20.1 Å². The molecular weight excluding hydrogens is 100 g/mol. The number of nitrogens with zero attached hydrogens (tertiary/aromatic N) is 1. The van der Waals surface area contributed by atoms with Crippen molar-refractivity contribution >= 4 is 0 Å². The third-order valence-electron chi connectivity index (χ3n) is 1.43. The highest BCUT2D eigenvalue weighted by atomic mass is 15.1. The van der Waals surface area contributed by atoms with Crippen molar-refractivity contribution in [2.75, 3.05) is 26.2 Å². The van der Waals surface area contributed by atoms with Crippen LogP contribution in [0.5, 0.6) is 0 Å². The van der Waals surface area contributed by atoms with Crippen molar-refractivity contribution in [3.63, 3.8) is 0 Å². The molecule has 0 aromatic heterocycles. The summed E-state index contributed by atoms with van der Waals surface area (Å²) in [4.78, 5) is 2.11. The molecule has 2 nitrogen and oxygen atoms in total. The molecule has 0 amide bonds. The van der Waals surface area contributed by atoms with Crippen molar-refractivity contribution in [3.05, 3.63) is 7.05 Å². The summed E-state index contributed by atoms with van der Waals surface area (Å²) in [6, 6.07) is 0. The van der Waals surface area contributed by atoms with E-state index in [9.17, 15) is 0 Å². The Kier molecular flexibility index (Phi) is 2.30. The van der Waals surface area contributed by atoms with Crippen molar-refractivity contribution < 1.29 is 0 Å². The maximum absolute atomic E-state index is 3.85. The van der Waals surface area contributed by atoms with Crippen LogP contribution in [0.3, 0.4) is 0 Å². The van der Waals surface area contributed by atoms with Crippen molar-refractivity contribution in [1.82, 2.24) is 10.2 Å². The fraction of sp³-hybridized carbons (Fsp3) is 0.833. The number of hydrogen-bond acceptors (Lipinski definition) is 2. The predicted octanol–water partition coefficient (Wildman–Crippen LogP) is 0.0733. The Bertz CT molecular complexity index is 55.5. The zero-order chi connectivity index (χ0) is 5.82. The van der Waals surface area contributed by atoms with Gasteiger partial charge in [-0.3, -0.25) is 0 Å². The van der Waals surface area contributed by atoms with Gasteiger partial charge in [-0.25, -0.2) is 0 Å². The molecule has 8 heavy (non-hydrogen) atoms. The lowest BCUT2D eigenvalue weighted by atomic mass is 10.4. The molecular formula is C6H13N2. The van der Waals surface area contributed by atoms with Crippen molar-refractivity contribution in [3.8, 4) is 0 Å². The normalized spacial score (nSPS) is 25.1. The second-order valence-electron chi connectivity index (χ2n) is 2.22. The molecule has 1 aliphatic rings. The first-order chi connectivity index (χ1) is 3.89. The first kappa shape index (κ1) is 6.05. The van der Waals surface area contributed by atoms with Crippen molar-refractivity contribution in [2.24, 2.45) is 0 Å². The number of rotatable bonds is 0. The van der Waals surface area contributed by atoms with Crippen LogP contribution in [0.4, 0.5) is 0 Å². The zero-order valence-corrected chi connectivity index (χ0v) is 5.19. The molecule has 0 atom stereocenters. The summed E-state index contributed by atoms with van der Waals surface area (Å²) in [6.45, 7) is 4.50. The van der Waals surface area contributed by atoms with E-state index in [1.165, 1.54) is 6.42 Å². The van der Waals surface area contributed by atoms with Crippen LogP contribution in [0.1, 0.15) is 6.42 Å². The molecule has 0 bridgehead atoms. The molecule has 0 aromatic rings. The standard InChI is InChI=1S/C6H13N2/c1-8-5-2-3-7-4-6-8/h7H,1-6H2. The monoisotopic (exact) mass is 113 g/mol. The molecule has 0 unspecified atom stereocenters. The van der Waals surface area contributed by atoms with Gasteiger partial charge in [-0.1, -0.05) is 0 Å². The minimum Gasteiger partial charge on any atom is -0.315 e. The second-order valence-corrected chi connectivity index (χ2v) is 2.22. The Labute approximate surface area is 50.9 Å². The van der Waals surface area contributed by atoms with Crippen molar-refractivity contribution in [1.29, 1.82) is 0 Å². The van der Waals surface area contributed by atoms with Gasteiger partial charge in [0.2, 0.25) is 0 Å². The molecule has 0 saturated carbocycles. The van der Waals surface area contributed by atoms with E-state index in [1.807, 2.05) is 0 Å². The van der Waals surface area contributed by atoms with Crippen LogP contribution >= 0.6 is 0 Å². The highest BCUT2D eigenvalue weighted by Crippen LogP contribution is 1.90. The maximum Gasteiger partial charge on any atom is 0.0110 e. The fourth-order valence-corrected chi connectivity index (χ4v) is 0.902. The van der Waals surface area contributed by atoms with Crippen molar-refractivity contribution in [2.45, 2.75) is 6.42 Å². The van der Waals surface area contributed by atoms with E-state index < -0.39 is 0 Å². The SMILES string of the molecule is [CH2]N1CCCNCC1. The molecule has 1 heterocycles. The van der Waals surface area contributed by atoms with Crippen LogP contribution in [0.2, 0.25) is 0 Å². The second kappa shape index (κ2) is 3.05. The Hall–Kier alpha value is -0.0800. The molecule has 0 aliphatic carbocycles. The fourth-order valence-electron chi connectivity index (χ4n) is 0.902. The third kappa shape index (κ3) is 1.80. The van der Waals surface area contributed by atoms with Gasteiger partial charge in [0.15, 0.2) is 0 Å². The van der Waals surface area contributed by atoms with Gasteiger partial charge in [0.1, 0.15) is 0 Å². The van der Waals surface area contributed by atoms with E-state index in [2.05, 4.69) is 17.3 Å². The van der Waals surface area contributed by atoms with Gasteiger partial charge in [-0.2, -0.15) is 0 Å². The Morgan fingerprint density at radius 2 is 2.12 bits per heavy atom. The highest BCUT2D eigenvalue weighted by Gasteiger charge is 2.00. The van der Waals surface area contributed by atoms with Gasteiger partial charge < -0.3 is 10.2 Å². The summed E-state index contributed by atoms with van der Waals surface area (Å²) in [7, 11) is 3.85. The van der Waals surface area contributed by atoms with Gasteiger partial charge in [0.25, 0.3) is 0 Å².